The number of hydrogen-bond acceptors (Lipinski definition) is 4. The molecular weight excluding hydrogens is 258 g/mol. The fourth-order valence-electron chi connectivity index (χ4n) is 2.50. The summed E-state index contributed by atoms with van der Waals surface area (Å²) < 4.78 is 17.7. The van der Waals surface area contributed by atoms with Crippen LogP contribution in [0.5, 0.6) is 0 Å². The molecule has 4 nitrogen and oxygen atoms in total. The van der Waals surface area contributed by atoms with Gasteiger partial charge in [-0.25, -0.2) is 0 Å². The zero-order chi connectivity index (χ0) is 14.0. The molecule has 112 valence electrons. The zero-order valence-corrected chi connectivity index (χ0v) is 13.4. The van der Waals surface area contributed by atoms with Gasteiger partial charge in [-0.15, -0.1) is 0 Å². The fourth-order valence-corrected chi connectivity index (χ4v) is 5.25. The Bertz CT molecular complexity index is 255. The maximum Gasteiger partial charge on any atom is 0.500 e. The first-order valence-electron chi connectivity index (χ1n) is 7.53. The first kappa shape index (κ1) is 16.9. The van der Waals surface area contributed by atoms with E-state index in [1.807, 2.05) is 13.8 Å². The summed E-state index contributed by atoms with van der Waals surface area (Å²) in [7, 11) is -2.50. The minimum atomic E-state index is -2.50. The third-order valence-corrected chi connectivity index (χ3v) is 6.41. The monoisotopic (exact) mass is 287 g/mol. The third-order valence-electron chi connectivity index (χ3n) is 3.40. The number of allylic oxidation sites excluding steroid dienone is 2. The van der Waals surface area contributed by atoms with E-state index in [4.69, 9.17) is 19.0 Å². The van der Waals surface area contributed by atoms with Crippen LogP contribution in [-0.2, 0) is 13.3 Å². The zero-order valence-electron chi connectivity index (χ0n) is 12.4. The highest BCUT2D eigenvalue weighted by Gasteiger charge is 2.40. The molecule has 0 aliphatic heterocycles. The molecule has 1 rings (SSSR count). The summed E-state index contributed by atoms with van der Waals surface area (Å²) in [5, 5.41) is 0. The average molecular weight is 287 g/mol. The molecule has 2 N–H and O–H groups in total. The van der Waals surface area contributed by atoms with Crippen molar-refractivity contribution in [2.75, 3.05) is 26.4 Å². The highest BCUT2D eigenvalue weighted by molar-refractivity contribution is 6.60. The molecule has 1 aliphatic rings. The van der Waals surface area contributed by atoms with Crippen LogP contribution in [0.3, 0.4) is 0 Å². The molecule has 0 aromatic carbocycles. The minimum absolute atomic E-state index is 0.515. The van der Waals surface area contributed by atoms with Crippen molar-refractivity contribution >= 4 is 8.80 Å². The summed E-state index contributed by atoms with van der Waals surface area (Å²) in [6.45, 7) is 6.31. The van der Waals surface area contributed by atoms with Crippen LogP contribution < -0.4 is 5.73 Å². The van der Waals surface area contributed by atoms with Gasteiger partial charge in [-0.3, -0.25) is 0 Å². The molecule has 0 spiro atoms. The van der Waals surface area contributed by atoms with E-state index in [0.29, 0.717) is 26.4 Å². The lowest BCUT2D eigenvalue weighted by molar-refractivity contribution is 0.0675. The van der Waals surface area contributed by atoms with Crippen molar-refractivity contribution in [1.29, 1.82) is 0 Å². The predicted octanol–water partition coefficient (Wildman–Crippen LogP) is 2.72. The van der Waals surface area contributed by atoms with Gasteiger partial charge in [0.2, 0.25) is 0 Å². The minimum Gasteiger partial charge on any atom is -0.374 e. The Kier molecular flexibility index (Phi) is 8.57. The van der Waals surface area contributed by atoms with Gasteiger partial charge in [0.1, 0.15) is 0 Å². The number of hydrogen-bond donors (Lipinski definition) is 1. The number of rotatable bonds is 10. The van der Waals surface area contributed by atoms with E-state index in [-0.39, 0.29) is 0 Å². The smallest absolute Gasteiger partial charge is 0.374 e. The van der Waals surface area contributed by atoms with Gasteiger partial charge < -0.3 is 19.0 Å². The maximum atomic E-state index is 5.90. The summed E-state index contributed by atoms with van der Waals surface area (Å²) >= 11 is 0. The Balaban J connectivity index is 2.51. The lowest BCUT2D eigenvalue weighted by atomic mass is 9.92. The Labute approximate surface area is 118 Å². The van der Waals surface area contributed by atoms with E-state index in [0.717, 1.165) is 18.4 Å². The average Bonchev–Trinajstić information content (AvgIpc) is 2.45. The molecule has 0 radical (unpaired) electrons. The molecular formula is C14H29NO3Si. The second kappa shape index (κ2) is 9.66. The molecule has 5 heteroatoms. The highest BCUT2D eigenvalue weighted by Crippen LogP contribution is 2.27. The van der Waals surface area contributed by atoms with Crippen LogP contribution in [0, 0.1) is 5.92 Å². The second-order valence-electron chi connectivity index (χ2n) is 4.88. The van der Waals surface area contributed by atoms with Crippen LogP contribution in [0.1, 0.15) is 39.5 Å². The Morgan fingerprint density at radius 2 is 1.89 bits per heavy atom. The molecule has 0 amide bonds. The van der Waals surface area contributed by atoms with Crippen molar-refractivity contribution in [2.45, 2.75) is 45.6 Å². The summed E-state index contributed by atoms with van der Waals surface area (Å²) in [6, 6.07) is 0.910. The van der Waals surface area contributed by atoms with Gasteiger partial charge >= 0.3 is 8.80 Å². The largest absolute Gasteiger partial charge is 0.500 e. The van der Waals surface area contributed by atoms with Crippen LogP contribution in [-0.4, -0.2) is 35.2 Å². The lowest BCUT2D eigenvalue weighted by Crippen LogP contribution is -2.47. The van der Waals surface area contributed by atoms with Crippen LogP contribution in [0.2, 0.25) is 6.04 Å². The summed E-state index contributed by atoms with van der Waals surface area (Å²) in [5.74, 6) is 0.749. The van der Waals surface area contributed by atoms with Crippen molar-refractivity contribution in [3.05, 3.63) is 12.2 Å². The molecule has 0 saturated carbocycles. The van der Waals surface area contributed by atoms with E-state index >= 15 is 0 Å². The van der Waals surface area contributed by atoms with Crippen molar-refractivity contribution in [3.8, 4) is 0 Å². The van der Waals surface area contributed by atoms with Crippen LogP contribution in [0.15, 0.2) is 12.2 Å². The molecule has 1 unspecified atom stereocenters. The SMILES string of the molecule is CCO[Si](CCC1CC=CCC1)(OCC)OCCN. The summed E-state index contributed by atoms with van der Waals surface area (Å²) in [5.41, 5.74) is 5.54. The van der Waals surface area contributed by atoms with Gasteiger partial charge in [-0.1, -0.05) is 12.2 Å². The molecule has 19 heavy (non-hydrogen) atoms. The van der Waals surface area contributed by atoms with Gasteiger partial charge in [-0.05, 0) is 45.4 Å². The van der Waals surface area contributed by atoms with E-state index in [9.17, 15) is 0 Å². The summed E-state index contributed by atoms with van der Waals surface area (Å²) in [4.78, 5) is 0. The van der Waals surface area contributed by atoms with Crippen LogP contribution >= 0.6 is 0 Å². The molecule has 0 saturated heterocycles. The molecule has 0 bridgehead atoms. The van der Waals surface area contributed by atoms with Gasteiger partial charge in [-0.2, -0.15) is 0 Å². The lowest BCUT2D eigenvalue weighted by Gasteiger charge is -2.30. The quantitative estimate of drug-likeness (QED) is 0.496. The Morgan fingerprint density at radius 3 is 2.42 bits per heavy atom. The van der Waals surface area contributed by atoms with Crippen molar-refractivity contribution in [2.24, 2.45) is 11.7 Å². The van der Waals surface area contributed by atoms with E-state index in [1.54, 1.807) is 0 Å². The molecule has 0 fully saturated rings. The standard InChI is InChI=1S/C14H29NO3Si/c1-3-16-19(17-4-2,18-12-11-15)13-10-14-8-6-5-7-9-14/h5-6,14H,3-4,7-13,15H2,1-2H3. The highest BCUT2D eigenvalue weighted by atomic mass is 28.4. The van der Waals surface area contributed by atoms with Gasteiger partial charge in [0.05, 0.1) is 6.61 Å². The van der Waals surface area contributed by atoms with E-state index in [2.05, 4.69) is 12.2 Å². The molecule has 0 aromatic rings. The fraction of sp³-hybridized carbons (Fsp3) is 0.857. The molecule has 0 aromatic heterocycles. The van der Waals surface area contributed by atoms with Crippen LogP contribution in [0.4, 0.5) is 0 Å². The number of nitrogens with two attached hydrogens (primary N) is 1. The van der Waals surface area contributed by atoms with Crippen molar-refractivity contribution < 1.29 is 13.3 Å². The van der Waals surface area contributed by atoms with Gasteiger partial charge in [0, 0.05) is 25.8 Å². The van der Waals surface area contributed by atoms with Crippen LogP contribution in [0.25, 0.3) is 0 Å². The first-order valence-corrected chi connectivity index (χ1v) is 9.46. The van der Waals surface area contributed by atoms with Crippen molar-refractivity contribution in [3.63, 3.8) is 0 Å². The second-order valence-corrected chi connectivity index (χ2v) is 7.61. The molecule has 1 aliphatic carbocycles. The topological polar surface area (TPSA) is 53.7 Å². The predicted molar refractivity (Wildman–Crippen MR) is 79.9 cm³/mol. The van der Waals surface area contributed by atoms with Gasteiger partial charge in [0.25, 0.3) is 0 Å². The van der Waals surface area contributed by atoms with Crippen molar-refractivity contribution in [1.82, 2.24) is 0 Å². The third kappa shape index (κ3) is 6.18. The van der Waals surface area contributed by atoms with E-state index < -0.39 is 8.80 Å². The Hall–Kier alpha value is -0.203. The first-order chi connectivity index (χ1) is 9.26. The maximum absolute atomic E-state index is 5.90. The molecule has 0 heterocycles. The summed E-state index contributed by atoms with van der Waals surface area (Å²) in [6.07, 6.45) is 9.35. The molecule has 1 atom stereocenters. The Morgan fingerprint density at radius 1 is 1.16 bits per heavy atom. The normalized spacial score (nSPS) is 19.8. The van der Waals surface area contributed by atoms with E-state index in [1.165, 1.54) is 19.3 Å². The van der Waals surface area contributed by atoms with Gasteiger partial charge in [0.15, 0.2) is 0 Å².